The van der Waals surface area contributed by atoms with E-state index in [1.165, 1.54) is 19.3 Å². The zero-order valence-corrected chi connectivity index (χ0v) is 9.56. The van der Waals surface area contributed by atoms with Gasteiger partial charge in [0.15, 0.2) is 0 Å². The van der Waals surface area contributed by atoms with Crippen molar-refractivity contribution in [1.82, 2.24) is 5.32 Å². The maximum absolute atomic E-state index is 9.69. The zero-order valence-electron chi connectivity index (χ0n) is 9.56. The fourth-order valence-electron chi connectivity index (χ4n) is 1.17. The molecular weight excluding hydrogens is 162 g/mol. The van der Waals surface area contributed by atoms with Gasteiger partial charge in [0.2, 0.25) is 0 Å². The lowest BCUT2D eigenvalue weighted by atomic mass is 10.0. The number of aliphatic hydroxyl groups is 1. The standard InChI is InChI=1S/C11H25NO/c1-5-7-8-10(3)9-12-11(4,13)6-2/h10,12-13H,5-9H2,1-4H3/t10-,11?/m1/s1. The van der Waals surface area contributed by atoms with Gasteiger partial charge in [-0.15, -0.1) is 0 Å². The van der Waals surface area contributed by atoms with Crippen LogP contribution in [0.2, 0.25) is 0 Å². The highest BCUT2D eigenvalue weighted by molar-refractivity contribution is 4.68. The van der Waals surface area contributed by atoms with E-state index >= 15 is 0 Å². The lowest BCUT2D eigenvalue weighted by Gasteiger charge is -2.25. The van der Waals surface area contributed by atoms with Crippen molar-refractivity contribution in [2.45, 2.75) is 59.1 Å². The lowest BCUT2D eigenvalue weighted by molar-refractivity contribution is 0.0168. The third kappa shape index (κ3) is 7.03. The molecule has 0 heterocycles. The molecule has 0 aliphatic heterocycles. The lowest BCUT2D eigenvalue weighted by Crippen LogP contribution is -2.43. The van der Waals surface area contributed by atoms with E-state index in [0.717, 1.165) is 13.0 Å². The Morgan fingerprint density at radius 3 is 2.46 bits per heavy atom. The minimum absolute atomic E-state index is 0.665. The van der Waals surface area contributed by atoms with Crippen LogP contribution < -0.4 is 5.32 Å². The highest BCUT2D eigenvalue weighted by atomic mass is 16.3. The molecular formula is C11H25NO. The summed E-state index contributed by atoms with van der Waals surface area (Å²) in [6.07, 6.45) is 4.56. The third-order valence-corrected chi connectivity index (χ3v) is 2.57. The predicted molar refractivity (Wildman–Crippen MR) is 57.6 cm³/mol. The van der Waals surface area contributed by atoms with E-state index < -0.39 is 5.72 Å². The van der Waals surface area contributed by atoms with Crippen LogP contribution in [0.1, 0.15) is 53.4 Å². The molecule has 0 fully saturated rings. The number of unbranched alkanes of at least 4 members (excludes halogenated alkanes) is 1. The summed E-state index contributed by atoms with van der Waals surface area (Å²) < 4.78 is 0. The van der Waals surface area contributed by atoms with Gasteiger partial charge in [-0.2, -0.15) is 0 Å². The van der Waals surface area contributed by atoms with Crippen LogP contribution in [0.3, 0.4) is 0 Å². The van der Waals surface area contributed by atoms with E-state index in [4.69, 9.17) is 0 Å². The van der Waals surface area contributed by atoms with E-state index in [-0.39, 0.29) is 0 Å². The number of hydrogen-bond donors (Lipinski definition) is 2. The summed E-state index contributed by atoms with van der Waals surface area (Å²) in [7, 11) is 0. The molecule has 0 bridgehead atoms. The first-order chi connectivity index (χ1) is 6.02. The Hall–Kier alpha value is -0.0800. The molecule has 0 aromatic carbocycles. The highest BCUT2D eigenvalue weighted by Crippen LogP contribution is 2.09. The summed E-state index contributed by atoms with van der Waals surface area (Å²) >= 11 is 0. The van der Waals surface area contributed by atoms with Crippen LogP contribution in [0.4, 0.5) is 0 Å². The topological polar surface area (TPSA) is 32.3 Å². The van der Waals surface area contributed by atoms with Crippen LogP contribution in [0.5, 0.6) is 0 Å². The smallest absolute Gasteiger partial charge is 0.112 e. The molecule has 0 amide bonds. The monoisotopic (exact) mass is 187 g/mol. The van der Waals surface area contributed by atoms with Gasteiger partial charge in [-0.05, 0) is 25.7 Å². The largest absolute Gasteiger partial charge is 0.376 e. The molecule has 0 aliphatic rings. The fraction of sp³-hybridized carbons (Fsp3) is 1.00. The Kier molecular flexibility index (Phi) is 6.35. The Morgan fingerprint density at radius 2 is 2.00 bits per heavy atom. The normalized spacial score (nSPS) is 18.2. The maximum Gasteiger partial charge on any atom is 0.112 e. The first kappa shape index (κ1) is 12.9. The summed E-state index contributed by atoms with van der Waals surface area (Å²) in [6.45, 7) is 9.18. The van der Waals surface area contributed by atoms with Crippen molar-refractivity contribution in [3.63, 3.8) is 0 Å². The molecule has 80 valence electrons. The van der Waals surface area contributed by atoms with Gasteiger partial charge in [-0.3, -0.25) is 5.32 Å². The molecule has 0 saturated heterocycles. The average Bonchev–Trinajstić information content (AvgIpc) is 2.11. The van der Waals surface area contributed by atoms with Crippen molar-refractivity contribution < 1.29 is 5.11 Å². The summed E-state index contributed by atoms with van der Waals surface area (Å²) in [5.74, 6) is 0.665. The fourth-order valence-corrected chi connectivity index (χ4v) is 1.17. The molecule has 0 aromatic heterocycles. The van der Waals surface area contributed by atoms with Crippen LogP contribution in [-0.4, -0.2) is 17.4 Å². The van der Waals surface area contributed by atoms with Gasteiger partial charge in [-0.25, -0.2) is 0 Å². The molecule has 2 atom stereocenters. The Balaban J connectivity index is 3.51. The minimum atomic E-state index is -0.680. The van der Waals surface area contributed by atoms with E-state index in [1.807, 2.05) is 13.8 Å². The second kappa shape index (κ2) is 6.39. The van der Waals surface area contributed by atoms with Gasteiger partial charge in [0, 0.05) is 6.54 Å². The summed E-state index contributed by atoms with van der Waals surface area (Å²) in [4.78, 5) is 0. The van der Waals surface area contributed by atoms with E-state index in [2.05, 4.69) is 19.2 Å². The van der Waals surface area contributed by atoms with Crippen LogP contribution in [0.25, 0.3) is 0 Å². The average molecular weight is 187 g/mol. The molecule has 2 heteroatoms. The quantitative estimate of drug-likeness (QED) is 0.600. The molecule has 0 saturated carbocycles. The SMILES string of the molecule is CCCC[C@@H](C)CNC(C)(O)CC. The van der Waals surface area contributed by atoms with Crippen molar-refractivity contribution in [1.29, 1.82) is 0 Å². The first-order valence-electron chi connectivity index (χ1n) is 5.49. The molecule has 0 aliphatic carbocycles. The van der Waals surface area contributed by atoms with Crippen molar-refractivity contribution in [2.24, 2.45) is 5.92 Å². The Morgan fingerprint density at radius 1 is 1.38 bits per heavy atom. The van der Waals surface area contributed by atoms with E-state index in [9.17, 15) is 5.11 Å². The van der Waals surface area contributed by atoms with Crippen molar-refractivity contribution in [3.8, 4) is 0 Å². The van der Waals surface area contributed by atoms with Gasteiger partial charge in [0.25, 0.3) is 0 Å². The predicted octanol–water partition coefficient (Wildman–Crippen LogP) is 2.52. The Bertz CT molecular complexity index is 123. The molecule has 2 nitrogen and oxygen atoms in total. The van der Waals surface area contributed by atoms with Crippen LogP contribution >= 0.6 is 0 Å². The van der Waals surface area contributed by atoms with Crippen molar-refractivity contribution >= 4 is 0 Å². The zero-order chi connectivity index (χ0) is 10.3. The number of nitrogens with one attached hydrogen (secondary N) is 1. The molecule has 13 heavy (non-hydrogen) atoms. The minimum Gasteiger partial charge on any atom is -0.376 e. The van der Waals surface area contributed by atoms with Gasteiger partial charge in [0.05, 0.1) is 0 Å². The van der Waals surface area contributed by atoms with Gasteiger partial charge >= 0.3 is 0 Å². The van der Waals surface area contributed by atoms with Gasteiger partial charge in [0.1, 0.15) is 5.72 Å². The molecule has 0 rings (SSSR count). The van der Waals surface area contributed by atoms with Crippen LogP contribution in [-0.2, 0) is 0 Å². The van der Waals surface area contributed by atoms with Crippen molar-refractivity contribution in [2.75, 3.05) is 6.54 Å². The van der Waals surface area contributed by atoms with E-state index in [1.54, 1.807) is 0 Å². The maximum atomic E-state index is 9.69. The summed E-state index contributed by atoms with van der Waals surface area (Å²) in [5.41, 5.74) is -0.680. The van der Waals surface area contributed by atoms with Crippen LogP contribution in [0, 0.1) is 5.92 Å². The Labute approximate surface area is 82.7 Å². The second-order valence-electron chi connectivity index (χ2n) is 4.26. The molecule has 2 N–H and O–H groups in total. The van der Waals surface area contributed by atoms with Gasteiger partial charge < -0.3 is 5.11 Å². The first-order valence-corrected chi connectivity index (χ1v) is 5.49. The molecule has 0 spiro atoms. The van der Waals surface area contributed by atoms with E-state index in [0.29, 0.717) is 5.92 Å². The second-order valence-corrected chi connectivity index (χ2v) is 4.26. The van der Waals surface area contributed by atoms with Gasteiger partial charge in [-0.1, -0.05) is 33.6 Å². The molecule has 0 aromatic rings. The summed E-state index contributed by atoms with van der Waals surface area (Å²) in [5, 5.41) is 12.9. The van der Waals surface area contributed by atoms with Crippen LogP contribution in [0.15, 0.2) is 0 Å². The number of hydrogen-bond acceptors (Lipinski definition) is 2. The third-order valence-electron chi connectivity index (χ3n) is 2.57. The number of rotatable bonds is 7. The molecule has 0 radical (unpaired) electrons. The highest BCUT2D eigenvalue weighted by Gasteiger charge is 2.16. The molecule has 1 unspecified atom stereocenters. The van der Waals surface area contributed by atoms with Crippen molar-refractivity contribution in [3.05, 3.63) is 0 Å². The summed E-state index contributed by atoms with van der Waals surface area (Å²) in [6, 6.07) is 0.